The van der Waals surface area contributed by atoms with Crippen LogP contribution in [-0.2, 0) is 0 Å². The van der Waals surface area contributed by atoms with Gasteiger partial charge in [0.2, 0.25) is 0 Å². The number of hydrogen-bond acceptors (Lipinski definition) is 4. The molecule has 5 heteroatoms. The molecule has 0 amide bonds. The second-order valence-corrected chi connectivity index (χ2v) is 7.27. The zero-order valence-electron chi connectivity index (χ0n) is 15.9. The van der Waals surface area contributed by atoms with E-state index in [1.54, 1.807) is 54.6 Å². The minimum absolute atomic E-state index is 0.166. The number of esters is 1. The fraction of sp³-hybridized carbons (Fsp3) is 0.0833. The van der Waals surface area contributed by atoms with Gasteiger partial charge in [-0.15, -0.1) is 0 Å². The highest BCUT2D eigenvalue weighted by atomic mass is 35.5. The van der Waals surface area contributed by atoms with E-state index in [4.69, 9.17) is 20.8 Å². The molecule has 4 nitrogen and oxygen atoms in total. The second kappa shape index (κ2) is 7.57. The Hall–Kier alpha value is -3.37. The molecule has 3 aromatic carbocycles. The highest BCUT2D eigenvalue weighted by Crippen LogP contribution is 2.25. The van der Waals surface area contributed by atoms with Gasteiger partial charge in [-0.3, -0.25) is 4.79 Å². The van der Waals surface area contributed by atoms with Crippen LogP contribution in [0.15, 0.2) is 76.1 Å². The number of fused-ring (bicyclic) bond motifs is 1. The summed E-state index contributed by atoms with van der Waals surface area (Å²) in [6, 6.07) is 17.1. The van der Waals surface area contributed by atoms with Crippen molar-refractivity contribution in [1.82, 2.24) is 0 Å². The van der Waals surface area contributed by atoms with E-state index in [1.165, 1.54) is 6.26 Å². The van der Waals surface area contributed by atoms with E-state index in [1.807, 2.05) is 19.9 Å². The lowest BCUT2D eigenvalue weighted by atomic mass is 10.1. The van der Waals surface area contributed by atoms with Crippen molar-refractivity contribution in [2.45, 2.75) is 13.8 Å². The van der Waals surface area contributed by atoms with Crippen LogP contribution in [0.4, 0.5) is 0 Å². The van der Waals surface area contributed by atoms with Gasteiger partial charge in [0.1, 0.15) is 17.6 Å². The standard InChI is InChI=1S/C24H17ClO4/c1-14-3-4-17(11-15(14)2)24(27)29-19-9-10-20-22(12-19)28-13-21(23(20)26)16-5-7-18(25)8-6-16/h3-13H,1-2H3. The first-order valence-electron chi connectivity index (χ1n) is 9.03. The van der Waals surface area contributed by atoms with E-state index < -0.39 is 5.97 Å². The van der Waals surface area contributed by atoms with E-state index in [0.717, 1.165) is 16.7 Å². The minimum Gasteiger partial charge on any atom is -0.463 e. The summed E-state index contributed by atoms with van der Waals surface area (Å²) in [6.07, 6.45) is 1.41. The maximum atomic E-state index is 12.8. The van der Waals surface area contributed by atoms with Gasteiger partial charge in [-0.25, -0.2) is 4.79 Å². The van der Waals surface area contributed by atoms with Crippen molar-refractivity contribution in [2.24, 2.45) is 0 Å². The zero-order valence-corrected chi connectivity index (χ0v) is 16.6. The quantitative estimate of drug-likeness (QED) is 0.313. The molecule has 0 spiro atoms. The van der Waals surface area contributed by atoms with E-state index in [9.17, 15) is 9.59 Å². The van der Waals surface area contributed by atoms with Crippen LogP contribution in [0.25, 0.3) is 22.1 Å². The molecule has 0 saturated heterocycles. The predicted molar refractivity (Wildman–Crippen MR) is 114 cm³/mol. The van der Waals surface area contributed by atoms with Crippen molar-refractivity contribution in [3.05, 3.63) is 98.9 Å². The van der Waals surface area contributed by atoms with Gasteiger partial charge in [0.25, 0.3) is 0 Å². The molecule has 4 aromatic rings. The number of rotatable bonds is 3. The lowest BCUT2D eigenvalue weighted by Gasteiger charge is -2.08. The molecule has 0 aliphatic rings. The summed E-state index contributed by atoms with van der Waals surface area (Å²) >= 11 is 5.91. The van der Waals surface area contributed by atoms with Gasteiger partial charge in [-0.05, 0) is 66.9 Å². The molecule has 0 fully saturated rings. The lowest BCUT2D eigenvalue weighted by Crippen LogP contribution is -2.09. The first-order valence-corrected chi connectivity index (χ1v) is 9.41. The Morgan fingerprint density at radius 2 is 1.69 bits per heavy atom. The topological polar surface area (TPSA) is 56.5 Å². The van der Waals surface area contributed by atoms with E-state index >= 15 is 0 Å². The van der Waals surface area contributed by atoms with Crippen molar-refractivity contribution in [3.8, 4) is 16.9 Å². The SMILES string of the molecule is Cc1ccc(C(=O)Oc2ccc3c(=O)c(-c4ccc(Cl)cc4)coc3c2)cc1C. The Balaban J connectivity index is 1.65. The smallest absolute Gasteiger partial charge is 0.343 e. The lowest BCUT2D eigenvalue weighted by molar-refractivity contribution is 0.0735. The van der Waals surface area contributed by atoms with Crippen LogP contribution in [0.3, 0.4) is 0 Å². The van der Waals surface area contributed by atoms with Gasteiger partial charge < -0.3 is 9.15 Å². The summed E-state index contributed by atoms with van der Waals surface area (Å²) in [6.45, 7) is 3.92. The molecule has 0 aliphatic heterocycles. The molecular weight excluding hydrogens is 388 g/mol. The zero-order chi connectivity index (χ0) is 20.5. The largest absolute Gasteiger partial charge is 0.463 e. The van der Waals surface area contributed by atoms with Gasteiger partial charge in [0.15, 0.2) is 5.43 Å². The van der Waals surface area contributed by atoms with Gasteiger partial charge in [0.05, 0.1) is 16.5 Å². The average Bonchev–Trinajstić information content (AvgIpc) is 2.71. The molecule has 0 saturated carbocycles. The van der Waals surface area contributed by atoms with Crippen LogP contribution < -0.4 is 10.2 Å². The minimum atomic E-state index is -0.465. The van der Waals surface area contributed by atoms with Gasteiger partial charge in [0, 0.05) is 11.1 Å². The molecule has 29 heavy (non-hydrogen) atoms. The Bertz CT molecular complexity index is 1290. The van der Waals surface area contributed by atoms with E-state index in [0.29, 0.717) is 32.9 Å². The Morgan fingerprint density at radius 1 is 0.931 bits per heavy atom. The molecule has 0 bridgehead atoms. The highest BCUT2D eigenvalue weighted by Gasteiger charge is 2.13. The third kappa shape index (κ3) is 3.80. The Morgan fingerprint density at radius 3 is 2.41 bits per heavy atom. The summed E-state index contributed by atoms with van der Waals surface area (Å²) in [5.74, 6) is -0.157. The van der Waals surface area contributed by atoms with Gasteiger partial charge in [-0.1, -0.05) is 29.8 Å². The third-order valence-electron chi connectivity index (χ3n) is 4.85. The Labute approximate surface area is 172 Å². The van der Waals surface area contributed by atoms with Gasteiger partial charge in [-0.2, -0.15) is 0 Å². The number of carbonyl (C=O) groups is 1. The Kier molecular flexibility index (Phi) is 4.95. The number of ether oxygens (including phenoxy) is 1. The summed E-state index contributed by atoms with van der Waals surface area (Å²) in [7, 11) is 0. The van der Waals surface area contributed by atoms with Crippen LogP contribution in [-0.4, -0.2) is 5.97 Å². The second-order valence-electron chi connectivity index (χ2n) is 6.83. The molecule has 0 atom stereocenters. The molecule has 4 rings (SSSR count). The maximum Gasteiger partial charge on any atom is 0.343 e. The normalized spacial score (nSPS) is 10.9. The van der Waals surface area contributed by atoms with Crippen molar-refractivity contribution in [2.75, 3.05) is 0 Å². The van der Waals surface area contributed by atoms with Crippen LogP contribution in [0.5, 0.6) is 5.75 Å². The molecule has 0 unspecified atom stereocenters. The molecule has 144 valence electrons. The molecule has 0 radical (unpaired) electrons. The highest BCUT2D eigenvalue weighted by molar-refractivity contribution is 6.30. The third-order valence-corrected chi connectivity index (χ3v) is 5.11. The summed E-state index contributed by atoms with van der Waals surface area (Å²) in [5, 5.41) is 0.998. The predicted octanol–water partition coefficient (Wildman–Crippen LogP) is 5.95. The first-order chi connectivity index (χ1) is 13.9. The fourth-order valence-electron chi connectivity index (χ4n) is 3.04. The number of carbonyl (C=O) groups excluding carboxylic acids is 1. The summed E-state index contributed by atoms with van der Waals surface area (Å²) < 4.78 is 11.1. The van der Waals surface area contributed by atoms with Crippen LogP contribution in [0.2, 0.25) is 5.02 Å². The molecule has 1 aromatic heterocycles. The first kappa shape index (κ1) is 19.0. The number of benzene rings is 3. The van der Waals surface area contributed by atoms with Crippen molar-refractivity contribution < 1.29 is 13.9 Å². The maximum absolute atomic E-state index is 12.8. The molecule has 0 N–H and O–H groups in total. The summed E-state index contributed by atoms with van der Waals surface area (Å²) in [4.78, 5) is 25.3. The molecule has 0 aliphatic carbocycles. The number of aryl methyl sites for hydroxylation is 2. The van der Waals surface area contributed by atoms with Gasteiger partial charge >= 0.3 is 5.97 Å². The monoisotopic (exact) mass is 404 g/mol. The van der Waals surface area contributed by atoms with E-state index in [-0.39, 0.29) is 5.43 Å². The van der Waals surface area contributed by atoms with Crippen LogP contribution >= 0.6 is 11.6 Å². The van der Waals surface area contributed by atoms with Crippen molar-refractivity contribution in [1.29, 1.82) is 0 Å². The number of halogens is 1. The van der Waals surface area contributed by atoms with E-state index in [2.05, 4.69) is 0 Å². The number of hydrogen-bond donors (Lipinski definition) is 0. The summed E-state index contributed by atoms with van der Waals surface area (Å²) in [5.41, 5.74) is 3.92. The average molecular weight is 405 g/mol. The molecular formula is C24H17ClO4. The van der Waals surface area contributed by atoms with Crippen LogP contribution in [0, 0.1) is 13.8 Å². The molecule has 1 heterocycles. The van der Waals surface area contributed by atoms with Crippen LogP contribution in [0.1, 0.15) is 21.5 Å². The van der Waals surface area contributed by atoms with Crippen molar-refractivity contribution >= 4 is 28.5 Å². The van der Waals surface area contributed by atoms with Crippen molar-refractivity contribution in [3.63, 3.8) is 0 Å². The fourth-order valence-corrected chi connectivity index (χ4v) is 3.16.